The molecule has 0 heterocycles. The van der Waals surface area contributed by atoms with Crippen LogP contribution >= 0.6 is 11.6 Å². The number of halogens is 1. The number of carbonyl (C=O) groups is 1. The lowest BCUT2D eigenvalue weighted by molar-refractivity contribution is -0.143. The number of unbranched alkanes of at least 4 members (excludes halogenated alkanes) is 1. The van der Waals surface area contributed by atoms with Gasteiger partial charge in [0.15, 0.2) is 0 Å². The first-order chi connectivity index (χ1) is 5.31. The summed E-state index contributed by atoms with van der Waals surface area (Å²) in [5, 5.41) is 0. The van der Waals surface area contributed by atoms with Crippen LogP contribution < -0.4 is 0 Å². The van der Waals surface area contributed by atoms with Crippen LogP contribution in [-0.4, -0.2) is 18.5 Å². The molecule has 0 fully saturated rings. The molecule has 0 aromatic heterocycles. The van der Waals surface area contributed by atoms with Gasteiger partial charge in [-0.1, -0.05) is 13.3 Å². The molecule has 0 saturated carbocycles. The van der Waals surface area contributed by atoms with E-state index in [1.807, 2.05) is 0 Å². The first-order valence-corrected chi connectivity index (χ1v) is 4.56. The Labute approximate surface area is 72.9 Å². The second kappa shape index (κ2) is 7.86. The standard InChI is InChI=1S/C8H15ClO2/c1-2-3-7-11-8(10)5-4-6-9/h2-7H2,1H3. The maximum Gasteiger partial charge on any atom is 0.305 e. The van der Waals surface area contributed by atoms with E-state index >= 15 is 0 Å². The summed E-state index contributed by atoms with van der Waals surface area (Å²) in [4.78, 5) is 10.8. The summed E-state index contributed by atoms with van der Waals surface area (Å²) >= 11 is 5.40. The van der Waals surface area contributed by atoms with Crippen molar-refractivity contribution in [2.75, 3.05) is 12.5 Å². The summed E-state index contributed by atoms with van der Waals surface area (Å²) in [6, 6.07) is 0. The molecule has 0 amide bonds. The van der Waals surface area contributed by atoms with E-state index in [9.17, 15) is 4.79 Å². The molecule has 2 nitrogen and oxygen atoms in total. The zero-order chi connectivity index (χ0) is 8.53. The highest BCUT2D eigenvalue weighted by Gasteiger charge is 1.99. The van der Waals surface area contributed by atoms with Crippen LogP contribution in [-0.2, 0) is 9.53 Å². The van der Waals surface area contributed by atoms with Gasteiger partial charge in [-0.25, -0.2) is 0 Å². The first kappa shape index (κ1) is 10.8. The zero-order valence-corrected chi connectivity index (χ0v) is 7.69. The number of alkyl halides is 1. The van der Waals surface area contributed by atoms with Crippen LogP contribution in [0.3, 0.4) is 0 Å². The molecule has 0 radical (unpaired) electrons. The number of rotatable bonds is 6. The van der Waals surface area contributed by atoms with E-state index in [4.69, 9.17) is 16.3 Å². The topological polar surface area (TPSA) is 26.3 Å². The summed E-state index contributed by atoms with van der Waals surface area (Å²) in [5.74, 6) is 0.405. The lowest BCUT2D eigenvalue weighted by atomic mass is 10.3. The molecular weight excluding hydrogens is 164 g/mol. The monoisotopic (exact) mass is 178 g/mol. The second-order valence-corrected chi connectivity index (χ2v) is 2.74. The van der Waals surface area contributed by atoms with E-state index in [2.05, 4.69) is 6.92 Å². The SMILES string of the molecule is CCCCOC(=O)CCCCl. The van der Waals surface area contributed by atoms with Crippen molar-refractivity contribution < 1.29 is 9.53 Å². The molecule has 0 saturated heterocycles. The third-order valence-corrected chi connectivity index (χ3v) is 1.54. The molecule has 0 spiro atoms. The van der Waals surface area contributed by atoms with Gasteiger partial charge in [0.1, 0.15) is 0 Å². The van der Waals surface area contributed by atoms with Crippen LogP contribution in [0.25, 0.3) is 0 Å². The predicted molar refractivity (Wildman–Crippen MR) is 45.8 cm³/mol. The van der Waals surface area contributed by atoms with Crippen LogP contribution in [0.5, 0.6) is 0 Å². The minimum Gasteiger partial charge on any atom is -0.466 e. The van der Waals surface area contributed by atoms with Crippen LogP contribution in [0.4, 0.5) is 0 Å². The van der Waals surface area contributed by atoms with Crippen LogP contribution in [0.15, 0.2) is 0 Å². The van der Waals surface area contributed by atoms with Gasteiger partial charge in [0.25, 0.3) is 0 Å². The Kier molecular flexibility index (Phi) is 7.69. The number of hydrogen-bond acceptors (Lipinski definition) is 2. The maximum absolute atomic E-state index is 10.8. The molecule has 0 aliphatic rings. The Morgan fingerprint density at radius 3 is 2.73 bits per heavy atom. The number of hydrogen-bond donors (Lipinski definition) is 0. The molecule has 0 N–H and O–H groups in total. The van der Waals surface area contributed by atoms with E-state index in [0.29, 0.717) is 25.3 Å². The predicted octanol–water partition coefficient (Wildman–Crippen LogP) is 2.35. The molecule has 0 atom stereocenters. The fraction of sp³-hybridized carbons (Fsp3) is 0.875. The average Bonchev–Trinajstić information content (AvgIpc) is 2.01. The normalized spacial score (nSPS) is 9.64. The van der Waals surface area contributed by atoms with Gasteiger partial charge in [-0.3, -0.25) is 4.79 Å². The molecule has 11 heavy (non-hydrogen) atoms. The number of esters is 1. The van der Waals surface area contributed by atoms with Gasteiger partial charge in [0.2, 0.25) is 0 Å². The highest BCUT2D eigenvalue weighted by Crippen LogP contribution is 1.96. The highest BCUT2D eigenvalue weighted by atomic mass is 35.5. The Hall–Kier alpha value is -0.240. The zero-order valence-electron chi connectivity index (χ0n) is 6.94. The molecule has 3 heteroatoms. The van der Waals surface area contributed by atoms with Gasteiger partial charge in [-0.15, -0.1) is 11.6 Å². The van der Waals surface area contributed by atoms with Crippen LogP contribution in [0, 0.1) is 0 Å². The summed E-state index contributed by atoms with van der Waals surface area (Å²) < 4.78 is 4.89. The largest absolute Gasteiger partial charge is 0.466 e. The maximum atomic E-state index is 10.8. The molecule has 0 aliphatic heterocycles. The van der Waals surface area contributed by atoms with E-state index in [1.165, 1.54) is 0 Å². The van der Waals surface area contributed by atoms with E-state index in [1.54, 1.807) is 0 Å². The first-order valence-electron chi connectivity index (χ1n) is 4.02. The Balaban J connectivity index is 3.09. The van der Waals surface area contributed by atoms with Gasteiger partial charge >= 0.3 is 5.97 Å². The van der Waals surface area contributed by atoms with Crippen molar-refractivity contribution in [2.45, 2.75) is 32.6 Å². The molecule has 0 aromatic carbocycles. The van der Waals surface area contributed by atoms with Gasteiger partial charge in [0.05, 0.1) is 6.61 Å². The van der Waals surface area contributed by atoms with Crippen molar-refractivity contribution in [3.63, 3.8) is 0 Å². The number of ether oxygens (including phenoxy) is 1. The average molecular weight is 179 g/mol. The highest BCUT2D eigenvalue weighted by molar-refractivity contribution is 6.17. The minimum absolute atomic E-state index is 0.126. The summed E-state index contributed by atoms with van der Waals surface area (Å²) in [5.41, 5.74) is 0. The van der Waals surface area contributed by atoms with Gasteiger partial charge in [-0.2, -0.15) is 0 Å². The lowest BCUT2D eigenvalue weighted by Gasteiger charge is -2.01. The third kappa shape index (κ3) is 7.66. The Morgan fingerprint density at radius 1 is 1.45 bits per heavy atom. The van der Waals surface area contributed by atoms with Crippen LogP contribution in [0.2, 0.25) is 0 Å². The molecule has 0 unspecified atom stereocenters. The Bertz CT molecular complexity index is 104. The Morgan fingerprint density at radius 2 is 2.18 bits per heavy atom. The minimum atomic E-state index is -0.126. The van der Waals surface area contributed by atoms with Gasteiger partial charge < -0.3 is 4.74 Å². The van der Waals surface area contributed by atoms with Crippen molar-refractivity contribution in [3.05, 3.63) is 0 Å². The van der Waals surface area contributed by atoms with E-state index < -0.39 is 0 Å². The van der Waals surface area contributed by atoms with Crippen molar-refractivity contribution in [1.82, 2.24) is 0 Å². The van der Waals surface area contributed by atoms with Crippen molar-refractivity contribution in [3.8, 4) is 0 Å². The smallest absolute Gasteiger partial charge is 0.305 e. The summed E-state index contributed by atoms with van der Waals surface area (Å²) in [7, 11) is 0. The molecule has 0 aliphatic carbocycles. The van der Waals surface area contributed by atoms with Crippen molar-refractivity contribution >= 4 is 17.6 Å². The van der Waals surface area contributed by atoms with E-state index in [0.717, 1.165) is 12.8 Å². The lowest BCUT2D eigenvalue weighted by Crippen LogP contribution is -2.05. The van der Waals surface area contributed by atoms with E-state index in [-0.39, 0.29) is 5.97 Å². The second-order valence-electron chi connectivity index (χ2n) is 2.37. The quantitative estimate of drug-likeness (QED) is 0.355. The molecule has 66 valence electrons. The fourth-order valence-electron chi connectivity index (χ4n) is 0.614. The van der Waals surface area contributed by atoms with Crippen molar-refractivity contribution in [1.29, 1.82) is 0 Å². The summed E-state index contributed by atoms with van der Waals surface area (Å²) in [6.07, 6.45) is 3.18. The molecular formula is C8H15ClO2. The van der Waals surface area contributed by atoms with Crippen molar-refractivity contribution in [2.24, 2.45) is 0 Å². The summed E-state index contributed by atoms with van der Waals surface area (Å²) in [6.45, 7) is 2.62. The van der Waals surface area contributed by atoms with Gasteiger partial charge in [-0.05, 0) is 12.8 Å². The number of carbonyl (C=O) groups excluding carboxylic acids is 1. The third-order valence-electron chi connectivity index (χ3n) is 1.28. The molecule has 0 aromatic rings. The molecule has 0 rings (SSSR count). The molecule has 0 bridgehead atoms. The van der Waals surface area contributed by atoms with Gasteiger partial charge in [0, 0.05) is 12.3 Å². The fourth-order valence-corrected chi connectivity index (χ4v) is 0.747. The van der Waals surface area contributed by atoms with Crippen LogP contribution in [0.1, 0.15) is 32.6 Å².